The van der Waals surface area contributed by atoms with Crippen molar-refractivity contribution in [3.05, 3.63) is 58.1 Å². The number of nitrogens with one attached hydrogen (secondary N) is 1. The molecule has 0 spiro atoms. The molecule has 2 rings (SSSR count). The molecule has 0 bridgehead atoms. The number of hydrogen-bond acceptors (Lipinski definition) is 3. The lowest BCUT2D eigenvalue weighted by Crippen LogP contribution is -2.10. The number of nitrogens with two attached hydrogens (primary N) is 1. The number of hydrogen-bond donors (Lipinski definition) is 2. The van der Waals surface area contributed by atoms with Crippen molar-refractivity contribution in [2.75, 3.05) is 7.05 Å². The van der Waals surface area contributed by atoms with Crippen LogP contribution < -0.4 is 15.8 Å². The summed E-state index contributed by atoms with van der Waals surface area (Å²) in [6.45, 7) is 0.786. The molecule has 0 saturated carbocycles. The average molecular weight is 335 g/mol. The number of rotatable bonds is 5. The molecule has 3 N–H and O–H groups in total. The van der Waals surface area contributed by atoms with Crippen molar-refractivity contribution in [2.45, 2.75) is 6.54 Å². The first-order valence-corrected chi connectivity index (χ1v) is 6.90. The third-order valence-corrected chi connectivity index (χ3v) is 3.50. The van der Waals surface area contributed by atoms with Crippen LogP contribution in [-0.4, -0.2) is 13.0 Å². The molecule has 4 nitrogen and oxygen atoms in total. The van der Waals surface area contributed by atoms with Gasteiger partial charge in [-0.1, -0.05) is 22.0 Å². The van der Waals surface area contributed by atoms with Gasteiger partial charge in [0.1, 0.15) is 11.5 Å². The summed E-state index contributed by atoms with van der Waals surface area (Å²) in [5.74, 6) is 0.933. The first kappa shape index (κ1) is 14.6. The van der Waals surface area contributed by atoms with Gasteiger partial charge in [-0.3, -0.25) is 4.79 Å². The molecule has 0 radical (unpaired) electrons. The molecular formula is C15H15BrN2O2. The monoisotopic (exact) mass is 334 g/mol. The fraction of sp³-hybridized carbons (Fsp3) is 0.133. The normalized spacial score (nSPS) is 10.3. The number of halogens is 1. The van der Waals surface area contributed by atoms with Crippen molar-refractivity contribution in [1.29, 1.82) is 0 Å². The third-order valence-electron chi connectivity index (χ3n) is 2.77. The maximum Gasteiger partial charge on any atom is 0.248 e. The molecule has 0 unspecified atom stereocenters. The molecule has 0 aliphatic rings. The van der Waals surface area contributed by atoms with Gasteiger partial charge in [0.2, 0.25) is 5.91 Å². The van der Waals surface area contributed by atoms with Gasteiger partial charge in [-0.25, -0.2) is 0 Å². The smallest absolute Gasteiger partial charge is 0.248 e. The maximum absolute atomic E-state index is 11.0. The van der Waals surface area contributed by atoms with Crippen molar-refractivity contribution in [2.24, 2.45) is 5.73 Å². The lowest BCUT2D eigenvalue weighted by atomic mass is 10.2. The molecule has 0 aliphatic heterocycles. The van der Waals surface area contributed by atoms with Gasteiger partial charge < -0.3 is 15.8 Å². The van der Waals surface area contributed by atoms with Gasteiger partial charge in [-0.05, 0) is 49.0 Å². The van der Waals surface area contributed by atoms with Crippen LogP contribution in [0.5, 0.6) is 11.5 Å². The predicted octanol–water partition coefficient (Wildman–Crippen LogP) is 3.06. The Morgan fingerprint density at radius 3 is 2.40 bits per heavy atom. The zero-order valence-corrected chi connectivity index (χ0v) is 12.6. The highest BCUT2D eigenvalue weighted by molar-refractivity contribution is 9.10. The number of primary amides is 1. The molecule has 2 aromatic rings. The molecule has 0 fully saturated rings. The first-order chi connectivity index (χ1) is 9.60. The summed E-state index contributed by atoms with van der Waals surface area (Å²) in [5.41, 5.74) is 6.81. The zero-order chi connectivity index (χ0) is 14.5. The number of amides is 1. The zero-order valence-electron chi connectivity index (χ0n) is 11.0. The summed E-state index contributed by atoms with van der Waals surface area (Å²) in [7, 11) is 1.90. The Labute approximate surface area is 126 Å². The molecule has 104 valence electrons. The van der Waals surface area contributed by atoms with E-state index < -0.39 is 5.91 Å². The Morgan fingerprint density at radius 1 is 1.20 bits per heavy atom. The lowest BCUT2D eigenvalue weighted by Gasteiger charge is -2.09. The fourth-order valence-corrected chi connectivity index (χ4v) is 2.25. The Hall–Kier alpha value is -1.85. The van der Waals surface area contributed by atoms with E-state index in [9.17, 15) is 4.79 Å². The Morgan fingerprint density at radius 2 is 1.85 bits per heavy atom. The second kappa shape index (κ2) is 6.54. The Bertz CT molecular complexity index is 612. The standard InChI is InChI=1S/C15H15BrN2O2/c1-18-9-11-4-7-13(8-14(11)16)20-12-5-2-10(3-6-12)15(17)19/h2-8,18H,9H2,1H3,(H2,17,19). The van der Waals surface area contributed by atoms with Gasteiger partial charge in [0.05, 0.1) is 0 Å². The summed E-state index contributed by atoms with van der Waals surface area (Å²) < 4.78 is 6.71. The Balaban J connectivity index is 2.13. The second-order valence-electron chi connectivity index (χ2n) is 4.27. The van der Waals surface area contributed by atoms with E-state index >= 15 is 0 Å². The van der Waals surface area contributed by atoms with Crippen LogP contribution in [0.3, 0.4) is 0 Å². The van der Waals surface area contributed by atoms with Crippen molar-refractivity contribution in [1.82, 2.24) is 5.32 Å². The van der Waals surface area contributed by atoms with Crippen LogP contribution in [0.15, 0.2) is 46.9 Å². The minimum atomic E-state index is -0.448. The average Bonchev–Trinajstić information content (AvgIpc) is 2.42. The second-order valence-corrected chi connectivity index (χ2v) is 5.13. The van der Waals surface area contributed by atoms with Gasteiger partial charge >= 0.3 is 0 Å². The summed E-state index contributed by atoms with van der Waals surface area (Å²) in [4.78, 5) is 11.0. The van der Waals surface area contributed by atoms with E-state index in [-0.39, 0.29) is 0 Å². The van der Waals surface area contributed by atoms with Crippen LogP contribution in [-0.2, 0) is 6.54 Å². The quantitative estimate of drug-likeness (QED) is 0.883. The van der Waals surface area contributed by atoms with Crippen LogP contribution in [0.25, 0.3) is 0 Å². The molecule has 0 atom stereocenters. The topological polar surface area (TPSA) is 64.3 Å². The van der Waals surface area contributed by atoms with E-state index in [4.69, 9.17) is 10.5 Å². The van der Waals surface area contributed by atoms with Gasteiger partial charge in [0.25, 0.3) is 0 Å². The van der Waals surface area contributed by atoms with Gasteiger partial charge in [-0.2, -0.15) is 0 Å². The third kappa shape index (κ3) is 3.59. The number of benzene rings is 2. The van der Waals surface area contributed by atoms with Gasteiger partial charge in [0.15, 0.2) is 0 Å². The molecule has 0 aliphatic carbocycles. The fourth-order valence-electron chi connectivity index (χ4n) is 1.75. The van der Waals surface area contributed by atoms with Crippen LogP contribution in [0.4, 0.5) is 0 Å². The van der Waals surface area contributed by atoms with Crippen molar-refractivity contribution in [3.63, 3.8) is 0 Å². The van der Waals surface area contributed by atoms with E-state index in [0.29, 0.717) is 11.3 Å². The minimum Gasteiger partial charge on any atom is -0.457 e. The number of carbonyl (C=O) groups excluding carboxylic acids is 1. The van der Waals surface area contributed by atoms with Crippen molar-refractivity contribution >= 4 is 21.8 Å². The molecule has 1 amide bonds. The maximum atomic E-state index is 11.0. The van der Waals surface area contributed by atoms with E-state index in [1.54, 1.807) is 24.3 Å². The molecule has 0 aromatic heterocycles. The highest BCUT2D eigenvalue weighted by Gasteiger charge is 2.04. The van der Waals surface area contributed by atoms with E-state index in [0.717, 1.165) is 22.3 Å². The van der Waals surface area contributed by atoms with Crippen LogP contribution in [0, 0.1) is 0 Å². The summed E-state index contributed by atoms with van der Waals surface area (Å²) in [5, 5.41) is 3.10. The molecule has 0 saturated heterocycles. The molecule has 0 heterocycles. The summed E-state index contributed by atoms with van der Waals surface area (Å²) in [6, 6.07) is 12.5. The molecular weight excluding hydrogens is 320 g/mol. The largest absolute Gasteiger partial charge is 0.457 e. The lowest BCUT2D eigenvalue weighted by molar-refractivity contribution is 0.100. The number of carbonyl (C=O) groups is 1. The van der Waals surface area contributed by atoms with Crippen LogP contribution in [0.1, 0.15) is 15.9 Å². The Kier molecular flexibility index (Phi) is 4.76. The predicted molar refractivity (Wildman–Crippen MR) is 81.9 cm³/mol. The van der Waals surface area contributed by atoms with E-state index in [2.05, 4.69) is 21.2 Å². The van der Waals surface area contributed by atoms with E-state index in [1.807, 2.05) is 25.2 Å². The van der Waals surface area contributed by atoms with Crippen LogP contribution in [0.2, 0.25) is 0 Å². The molecule has 20 heavy (non-hydrogen) atoms. The summed E-state index contributed by atoms with van der Waals surface area (Å²) in [6.07, 6.45) is 0. The first-order valence-electron chi connectivity index (χ1n) is 6.11. The van der Waals surface area contributed by atoms with Gasteiger partial charge in [0, 0.05) is 16.6 Å². The minimum absolute atomic E-state index is 0.448. The molecule has 2 aromatic carbocycles. The van der Waals surface area contributed by atoms with Crippen LogP contribution >= 0.6 is 15.9 Å². The molecule has 5 heteroatoms. The van der Waals surface area contributed by atoms with Gasteiger partial charge in [-0.15, -0.1) is 0 Å². The SMILES string of the molecule is CNCc1ccc(Oc2ccc(C(N)=O)cc2)cc1Br. The van der Waals surface area contributed by atoms with Crippen molar-refractivity contribution < 1.29 is 9.53 Å². The van der Waals surface area contributed by atoms with E-state index in [1.165, 1.54) is 0 Å². The van der Waals surface area contributed by atoms with Crippen molar-refractivity contribution in [3.8, 4) is 11.5 Å². The highest BCUT2D eigenvalue weighted by Crippen LogP contribution is 2.27. The summed E-state index contributed by atoms with van der Waals surface area (Å²) >= 11 is 3.51. The highest BCUT2D eigenvalue weighted by atomic mass is 79.9. The number of ether oxygens (including phenoxy) is 1.